The highest BCUT2D eigenvalue weighted by Gasteiger charge is 2.18. The number of benzene rings is 6. The molecular formula is C38H22N4O2. The molecule has 6 aromatic carbocycles. The Balaban J connectivity index is 1.22. The summed E-state index contributed by atoms with van der Waals surface area (Å²) in [6.45, 7) is 0. The van der Waals surface area contributed by atoms with Gasteiger partial charge in [-0.3, -0.25) is 0 Å². The minimum Gasteiger partial charge on any atom is -0.455 e. The van der Waals surface area contributed by atoms with E-state index in [0.717, 1.165) is 60.5 Å². The third kappa shape index (κ3) is 3.96. The Kier molecular flexibility index (Phi) is 5.40. The summed E-state index contributed by atoms with van der Waals surface area (Å²) in [5, 5.41) is 4.06. The second-order valence-electron chi connectivity index (χ2n) is 10.7. The van der Waals surface area contributed by atoms with E-state index >= 15 is 0 Å². The minimum atomic E-state index is 0.514. The van der Waals surface area contributed by atoms with Gasteiger partial charge in [-0.1, -0.05) is 109 Å². The van der Waals surface area contributed by atoms with Crippen LogP contribution in [0, 0.1) is 0 Å². The van der Waals surface area contributed by atoms with Crippen molar-refractivity contribution >= 4 is 43.8 Å². The van der Waals surface area contributed by atoms with E-state index in [1.165, 1.54) is 0 Å². The summed E-state index contributed by atoms with van der Waals surface area (Å²) in [6.07, 6.45) is 0. The lowest BCUT2D eigenvalue weighted by Crippen LogP contribution is -2.00. The summed E-state index contributed by atoms with van der Waals surface area (Å²) in [5.74, 6) is 2.34. The standard InChI is InChI=1S/C38H22N4O2/c1-3-10-24(11-4-1)35-40-36(25-12-5-2-6-13-25)42-37(41-35)26-19-18-23-20-21-31-34(30(23)22-26)44-38(39-31)29-16-9-15-28-27-14-7-8-17-32(27)43-33(28)29/h1-22H. The molecule has 0 fully saturated rings. The van der Waals surface area contributed by atoms with Gasteiger partial charge in [-0.25, -0.2) is 19.9 Å². The van der Waals surface area contributed by atoms with Crippen molar-refractivity contribution < 1.29 is 8.83 Å². The number of hydrogen-bond acceptors (Lipinski definition) is 6. The van der Waals surface area contributed by atoms with Crippen LogP contribution in [0.5, 0.6) is 0 Å². The second-order valence-corrected chi connectivity index (χ2v) is 10.7. The van der Waals surface area contributed by atoms with Crippen LogP contribution in [0.3, 0.4) is 0 Å². The number of nitrogens with zero attached hydrogens (tertiary/aromatic N) is 4. The third-order valence-corrected chi connectivity index (χ3v) is 7.96. The molecule has 3 heterocycles. The van der Waals surface area contributed by atoms with E-state index in [4.69, 9.17) is 28.8 Å². The van der Waals surface area contributed by atoms with Gasteiger partial charge in [0.2, 0.25) is 5.89 Å². The number of rotatable bonds is 4. The van der Waals surface area contributed by atoms with Crippen LogP contribution in [0.1, 0.15) is 0 Å². The number of para-hydroxylation sites is 2. The van der Waals surface area contributed by atoms with Gasteiger partial charge in [-0.05, 0) is 29.7 Å². The molecule has 0 saturated heterocycles. The Morgan fingerprint density at radius 1 is 0.409 bits per heavy atom. The Morgan fingerprint density at radius 3 is 1.80 bits per heavy atom. The van der Waals surface area contributed by atoms with Gasteiger partial charge >= 0.3 is 0 Å². The summed E-state index contributed by atoms with van der Waals surface area (Å²) in [4.78, 5) is 19.6. The highest BCUT2D eigenvalue weighted by atomic mass is 16.4. The summed E-state index contributed by atoms with van der Waals surface area (Å²) in [5.41, 5.74) is 6.60. The van der Waals surface area contributed by atoms with E-state index in [-0.39, 0.29) is 0 Å². The predicted molar refractivity (Wildman–Crippen MR) is 174 cm³/mol. The maximum atomic E-state index is 6.52. The minimum absolute atomic E-state index is 0.514. The van der Waals surface area contributed by atoms with Gasteiger partial charge in [-0.2, -0.15) is 0 Å². The lowest BCUT2D eigenvalue weighted by molar-refractivity contribution is 0.618. The number of hydrogen-bond donors (Lipinski definition) is 0. The largest absolute Gasteiger partial charge is 0.455 e. The molecule has 0 saturated carbocycles. The molecule has 0 bridgehead atoms. The van der Waals surface area contributed by atoms with E-state index in [1.54, 1.807) is 0 Å². The number of fused-ring (bicyclic) bond motifs is 6. The van der Waals surface area contributed by atoms with Gasteiger partial charge in [0, 0.05) is 32.8 Å². The zero-order chi connectivity index (χ0) is 29.0. The first-order valence-corrected chi connectivity index (χ1v) is 14.4. The number of oxazole rings is 1. The summed E-state index contributed by atoms with van der Waals surface area (Å²) >= 11 is 0. The first kappa shape index (κ1) is 24.5. The van der Waals surface area contributed by atoms with E-state index in [2.05, 4.69) is 30.3 Å². The molecule has 3 aromatic heterocycles. The molecule has 0 radical (unpaired) electrons. The van der Waals surface area contributed by atoms with Gasteiger partial charge in [0.05, 0.1) is 5.56 Å². The van der Waals surface area contributed by atoms with E-state index in [1.807, 2.05) is 103 Å². The SMILES string of the molecule is c1ccc(-c2nc(-c3ccccc3)nc(-c3ccc4ccc5nc(-c6cccc7c6oc6ccccc67)oc5c4c3)n2)cc1. The van der Waals surface area contributed by atoms with Crippen molar-refractivity contribution in [2.24, 2.45) is 0 Å². The van der Waals surface area contributed by atoms with Crippen LogP contribution in [0.4, 0.5) is 0 Å². The lowest BCUT2D eigenvalue weighted by atomic mass is 10.1. The van der Waals surface area contributed by atoms with Crippen LogP contribution in [0.2, 0.25) is 0 Å². The number of furan rings is 1. The topological polar surface area (TPSA) is 77.8 Å². The zero-order valence-corrected chi connectivity index (χ0v) is 23.3. The fraction of sp³-hybridized carbons (Fsp3) is 0. The molecule has 9 rings (SSSR count). The highest BCUT2D eigenvalue weighted by Crippen LogP contribution is 2.38. The molecule has 0 amide bonds. The van der Waals surface area contributed by atoms with Gasteiger partial charge in [0.15, 0.2) is 23.1 Å². The van der Waals surface area contributed by atoms with Crippen LogP contribution in [-0.2, 0) is 0 Å². The second kappa shape index (κ2) is 9.71. The lowest BCUT2D eigenvalue weighted by Gasteiger charge is -2.09. The molecular weight excluding hydrogens is 544 g/mol. The van der Waals surface area contributed by atoms with E-state index in [9.17, 15) is 0 Å². The van der Waals surface area contributed by atoms with Crippen LogP contribution in [0.25, 0.3) is 89.4 Å². The Bertz CT molecular complexity index is 2440. The number of aromatic nitrogens is 4. The van der Waals surface area contributed by atoms with Crippen molar-refractivity contribution in [2.75, 3.05) is 0 Å². The normalized spacial score (nSPS) is 11.6. The maximum Gasteiger partial charge on any atom is 0.231 e. The van der Waals surface area contributed by atoms with Crippen molar-refractivity contribution in [3.05, 3.63) is 133 Å². The maximum absolute atomic E-state index is 6.52. The van der Waals surface area contributed by atoms with Crippen molar-refractivity contribution in [1.29, 1.82) is 0 Å². The summed E-state index contributed by atoms with van der Waals surface area (Å²) < 4.78 is 12.8. The van der Waals surface area contributed by atoms with Gasteiger partial charge in [0.1, 0.15) is 16.7 Å². The van der Waals surface area contributed by atoms with Crippen LogP contribution in [-0.4, -0.2) is 19.9 Å². The first-order chi connectivity index (χ1) is 21.8. The quantitative estimate of drug-likeness (QED) is 0.211. The summed E-state index contributed by atoms with van der Waals surface area (Å²) in [7, 11) is 0. The molecule has 0 aliphatic rings. The average Bonchev–Trinajstić information content (AvgIpc) is 3.71. The van der Waals surface area contributed by atoms with Crippen molar-refractivity contribution in [3.8, 4) is 45.6 Å². The van der Waals surface area contributed by atoms with Crippen LogP contribution in [0.15, 0.2) is 142 Å². The predicted octanol–water partition coefficient (Wildman–Crippen LogP) is 9.73. The molecule has 0 aliphatic heterocycles. The molecule has 0 spiro atoms. The fourth-order valence-electron chi connectivity index (χ4n) is 5.81. The molecule has 6 nitrogen and oxygen atoms in total. The van der Waals surface area contributed by atoms with Crippen LogP contribution < -0.4 is 0 Å². The van der Waals surface area contributed by atoms with Gasteiger partial charge in [-0.15, -0.1) is 0 Å². The summed E-state index contributed by atoms with van der Waals surface area (Å²) in [6, 6.07) is 44.3. The molecule has 0 unspecified atom stereocenters. The molecule has 44 heavy (non-hydrogen) atoms. The third-order valence-electron chi connectivity index (χ3n) is 7.96. The highest BCUT2D eigenvalue weighted by molar-refractivity contribution is 6.10. The van der Waals surface area contributed by atoms with Crippen molar-refractivity contribution in [3.63, 3.8) is 0 Å². The Hall–Kier alpha value is -6.14. The fourth-order valence-corrected chi connectivity index (χ4v) is 5.81. The molecule has 0 N–H and O–H groups in total. The molecule has 0 atom stereocenters. The monoisotopic (exact) mass is 566 g/mol. The first-order valence-electron chi connectivity index (χ1n) is 14.4. The molecule has 206 valence electrons. The van der Waals surface area contributed by atoms with Crippen molar-refractivity contribution in [2.45, 2.75) is 0 Å². The Morgan fingerprint density at radius 2 is 1.05 bits per heavy atom. The smallest absolute Gasteiger partial charge is 0.231 e. The van der Waals surface area contributed by atoms with Gasteiger partial charge in [0.25, 0.3) is 0 Å². The van der Waals surface area contributed by atoms with E-state index in [0.29, 0.717) is 28.9 Å². The van der Waals surface area contributed by atoms with Crippen LogP contribution >= 0.6 is 0 Å². The Labute approximate surface area is 251 Å². The molecule has 0 aliphatic carbocycles. The average molecular weight is 567 g/mol. The molecule has 6 heteroatoms. The molecule has 9 aromatic rings. The van der Waals surface area contributed by atoms with E-state index < -0.39 is 0 Å². The van der Waals surface area contributed by atoms with Gasteiger partial charge < -0.3 is 8.83 Å². The van der Waals surface area contributed by atoms with Crippen molar-refractivity contribution in [1.82, 2.24) is 19.9 Å². The zero-order valence-electron chi connectivity index (χ0n) is 23.3.